The van der Waals surface area contributed by atoms with Gasteiger partial charge < -0.3 is 15.0 Å². The third-order valence-electron chi connectivity index (χ3n) is 3.74. The van der Waals surface area contributed by atoms with Crippen molar-refractivity contribution in [3.05, 3.63) is 11.9 Å². The van der Waals surface area contributed by atoms with E-state index in [1.54, 1.807) is 6.20 Å². The van der Waals surface area contributed by atoms with Gasteiger partial charge in [-0.15, -0.1) is 5.10 Å². The monoisotopic (exact) mass is 265 g/mol. The van der Waals surface area contributed by atoms with Gasteiger partial charge in [-0.3, -0.25) is 0 Å². The number of nitrogens with zero attached hydrogens (tertiary/aromatic N) is 4. The summed E-state index contributed by atoms with van der Waals surface area (Å²) in [5.74, 6) is 0. The number of unbranched alkanes of at least 4 members (excludes halogenated alkanes) is 1. The molecule has 2 aliphatic heterocycles. The summed E-state index contributed by atoms with van der Waals surface area (Å²) in [4.78, 5) is 13.8. The van der Waals surface area contributed by atoms with Crippen LogP contribution in [-0.2, 0) is 11.3 Å². The third-order valence-corrected chi connectivity index (χ3v) is 3.74. The van der Waals surface area contributed by atoms with Crippen molar-refractivity contribution in [2.45, 2.75) is 38.5 Å². The summed E-state index contributed by atoms with van der Waals surface area (Å²) in [6.07, 6.45) is 3.85. The average molecular weight is 265 g/mol. The zero-order valence-corrected chi connectivity index (χ0v) is 11.1. The molecule has 1 fully saturated rings. The quantitative estimate of drug-likeness (QED) is 0.810. The van der Waals surface area contributed by atoms with E-state index >= 15 is 0 Å². The van der Waals surface area contributed by atoms with Crippen LogP contribution in [0.5, 0.6) is 0 Å². The van der Waals surface area contributed by atoms with Gasteiger partial charge in [0.2, 0.25) is 0 Å². The highest BCUT2D eigenvalue weighted by Crippen LogP contribution is 2.29. The van der Waals surface area contributed by atoms with Gasteiger partial charge in [0.15, 0.2) is 0 Å². The van der Waals surface area contributed by atoms with E-state index in [-0.39, 0.29) is 18.2 Å². The van der Waals surface area contributed by atoms with Crippen molar-refractivity contribution in [2.24, 2.45) is 0 Å². The Bertz CT molecular complexity index is 461. The van der Waals surface area contributed by atoms with Crippen LogP contribution in [0.15, 0.2) is 6.20 Å². The van der Waals surface area contributed by atoms with E-state index < -0.39 is 0 Å². The average Bonchev–Trinajstić information content (AvgIpc) is 3.04. The molecule has 3 rings (SSSR count). The summed E-state index contributed by atoms with van der Waals surface area (Å²) in [6.45, 7) is 4.63. The molecule has 104 valence electrons. The molecular formula is C12H19N5O2. The molecule has 1 N–H and O–H groups in total. The Morgan fingerprint density at radius 1 is 1.58 bits per heavy atom. The predicted molar refractivity (Wildman–Crippen MR) is 67.5 cm³/mol. The van der Waals surface area contributed by atoms with Gasteiger partial charge in [0, 0.05) is 13.1 Å². The van der Waals surface area contributed by atoms with Crippen LogP contribution in [0.1, 0.15) is 31.5 Å². The third kappa shape index (κ3) is 2.30. The van der Waals surface area contributed by atoms with Crippen molar-refractivity contribution < 1.29 is 9.53 Å². The number of carbonyl (C=O) groups excluding carboxylic acids is 1. The topological polar surface area (TPSA) is 72.3 Å². The second kappa shape index (κ2) is 5.16. The summed E-state index contributed by atoms with van der Waals surface area (Å²) in [5, 5.41) is 10.9. The fourth-order valence-electron chi connectivity index (χ4n) is 2.64. The Kier molecular flexibility index (Phi) is 3.37. The molecule has 1 aromatic heterocycles. The largest absolute Gasteiger partial charge is 0.368 e. The maximum Gasteiger partial charge on any atom is 0.317 e. The zero-order chi connectivity index (χ0) is 13.2. The van der Waals surface area contributed by atoms with Gasteiger partial charge in [0.1, 0.15) is 0 Å². The smallest absolute Gasteiger partial charge is 0.317 e. The highest BCUT2D eigenvalue weighted by molar-refractivity contribution is 5.74. The Labute approximate surface area is 111 Å². The van der Waals surface area contributed by atoms with Crippen molar-refractivity contribution in [3.63, 3.8) is 0 Å². The van der Waals surface area contributed by atoms with E-state index in [0.29, 0.717) is 19.7 Å². The molecule has 1 saturated heterocycles. The minimum absolute atomic E-state index is 0.00637. The van der Waals surface area contributed by atoms with Crippen molar-refractivity contribution in [3.8, 4) is 0 Å². The molecule has 2 atom stereocenters. The second-order valence-corrected chi connectivity index (χ2v) is 5.08. The van der Waals surface area contributed by atoms with Crippen LogP contribution in [0, 0.1) is 0 Å². The number of ether oxygens (including phenoxy) is 1. The molecule has 7 heteroatoms. The molecular weight excluding hydrogens is 246 g/mol. The lowest BCUT2D eigenvalue weighted by atomic mass is 10.2. The van der Waals surface area contributed by atoms with Crippen LogP contribution in [-0.4, -0.2) is 51.7 Å². The number of rotatable bonds is 3. The van der Waals surface area contributed by atoms with E-state index in [2.05, 4.69) is 22.6 Å². The van der Waals surface area contributed by atoms with Gasteiger partial charge >= 0.3 is 6.03 Å². The fraction of sp³-hybridized carbons (Fsp3) is 0.750. The summed E-state index contributed by atoms with van der Waals surface area (Å²) >= 11 is 0. The van der Waals surface area contributed by atoms with Crippen LogP contribution >= 0.6 is 0 Å². The van der Waals surface area contributed by atoms with E-state index in [9.17, 15) is 4.79 Å². The highest BCUT2D eigenvalue weighted by Gasteiger charge is 2.41. The molecule has 1 aromatic rings. The number of amides is 2. The second-order valence-electron chi connectivity index (χ2n) is 5.08. The van der Waals surface area contributed by atoms with Crippen LogP contribution in [0.3, 0.4) is 0 Å². The summed E-state index contributed by atoms with van der Waals surface area (Å²) < 4.78 is 7.67. The summed E-state index contributed by atoms with van der Waals surface area (Å²) in [5.41, 5.74) is 0.981. The Morgan fingerprint density at radius 2 is 2.47 bits per heavy atom. The minimum atomic E-state index is -0.00637. The Morgan fingerprint density at radius 3 is 3.32 bits per heavy atom. The van der Waals surface area contributed by atoms with Gasteiger partial charge in [0.25, 0.3) is 0 Å². The molecule has 2 amide bonds. The Hall–Kier alpha value is -1.63. The van der Waals surface area contributed by atoms with Crippen molar-refractivity contribution in [1.82, 2.24) is 25.2 Å². The molecule has 0 spiro atoms. The Balaban J connectivity index is 1.63. The molecule has 0 bridgehead atoms. The number of urea groups is 1. The number of hydrogen-bond donors (Lipinski definition) is 1. The fourth-order valence-corrected chi connectivity index (χ4v) is 2.64. The number of nitrogens with one attached hydrogen (secondary N) is 1. The predicted octanol–water partition coefficient (Wildman–Crippen LogP) is 0.543. The van der Waals surface area contributed by atoms with E-state index in [1.165, 1.54) is 0 Å². The van der Waals surface area contributed by atoms with Gasteiger partial charge in [0.05, 0.1) is 37.2 Å². The lowest BCUT2D eigenvalue weighted by Crippen LogP contribution is -2.39. The first-order chi connectivity index (χ1) is 9.29. The molecule has 3 heterocycles. The lowest BCUT2D eigenvalue weighted by Gasteiger charge is -2.25. The number of carbonyl (C=O) groups is 1. The van der Waals surface area contributed by atoms with Gasteiger partial charge in [-0.05, 0) is 6.42 Å². The highest BCUT2D eigenvalue weighted by atomic mass is 16.5. The van der Waals surface area contributed by atoms with Gasteiger partial charge in [-0.2, -0.15) is 0 Å². The number of likely N-dealkylation sites (tertiary alicyclic amines) is 1. The molecule has 7 nitrogen and oxygen atoms in total. The first-order valence-electron chi connectivity index (χ1n) is 6.83. The van der Waals surface area contributed by atoms with Crippen LogP contribution < -0.4 is 5.32 Å². The molecule has 0 aromatic carbocycles. The maximum absolute atomic E-state index is 12.0. The van der Waals surface area contributed by atoms with Crippen molar-refractivity contribution >= 4 is 6.03 Å². The standard InChI is InChI=1S/C12H19N5O2/c1-2-3-4-13-12(18)16-6-10-11(7-16)19-8-9-5-14-15-17(9)10/h5,10-11H,2-4,6-8H2,1H3,(H,13,18)/t10-,11-/m1/s1. The van der Waals surface area contributed by atoms with E-state index in [1.807, 2.05) is 9.58 Å². The summed E-state index contributed by atoms with van der Waals surface area (Å²) in [6, 6.07) is 0.0938. The van der Waals surface area contributed by atoms with Crippen LogP contribution in [0.2, 0.25) is 0 Å². The zero-order valence-electron chi connectivity index (χ0n) is 11.1. The van der Waals surface area contributed by atoms with Crippen molar-refractivity contribution in [1.29, 1.82) is 0 Å². The SMILES string of the molecule is CCCCNC(=O)N1C[C@@H]2[C@@H](C1)OCc1cnnn12. The van der Waals surface area contributed by atoms with E-state index in [0.717, 1.165) is 25.1 Å². The summed E-state index contributed by atoms with van der Waals surface area (Å²) in [7, 11) is 0. The lowest BCUT2D eigenvalue weighted by molar-refractivity contribution is -0.00442. The molecule has 19 heavy (non-hydrogen) atoms. The van der Waals surface area contributed by atoms with Crippen LogP contribution in [0.4, 0.5) is 4.79 Å². The number of fused-ring (bicyclic) bond motifs is 3. The van der Waals surface area contributed by atoms with Crippen LogP contribution in [0.25, 0.3) is 0 Å². The first kappa shape index (κ1) is 12.4. The number of aromatic nitrogens is 3. The molecule has 0 unspecified atom stereocenters. The van der Waals surface area contributed by atoms with Gasteiger partial charge in [-0.25, -0.2) is 9.48 Å². The molecule has 0 aliphatic carbocycles. The minimum Gasteiger partial charge on any atom is -0.368 e. The van der Waals surface area contributed by atoms with Gasteiger partial charge in [-0.1, -0.05) is 18.6 Å². The molecule has 0 radical (unpaired) electrons. The van der Waals surface area contributed by atoms with Crippen molar-refractivity contribution in [2.75, 3.05) is 19.6 Å². The maximum atomic E-state index is 12.0. The molecule has 2 aliphatic rings. The molecule has 0 saturated carbocycles. The first-order valence-corrected chi connectivity index (χ1v) is 6.83. The normalized spacial score (nSPS) is 25.0. The number of hydrogen-bond acceptors (Lipinski definition) is 4. The van der Waals surface area contributed by atoms with E-state index in [4.69, 9.17) is 4.74 Å².